The van der Waals surface area contributed by atoms with E-state index in [9.17, 15) is 38.7 Å². The van der Waals surface area contributed by atoms with Crippen molar-refractivity contribution < 1.29 is 48.6 Å². The maximum Gasteiger partial charge on any atom is 0.322 e. The minimum absolute atomic E-state index is 0.0209. The summed E-state index contributed by atoms with van der Waals surface area (Å²) in [6, 6.07) is -1.45. The Kier molecular flexibility index (Phi) is 11.2. The number of benzene rings is 1. The second-order valence-electron chi connectivity index (χ2n) is 9.35. The van der Waals surface area contributed by atoms with Crippen molar-refractivity contribution in [3.63, 3.8) is 0 Å². The van der Waals surface area contributed by atoms with E-state index >= 15 is 0 Å². The number of carbonyl (C=O) groups is 4. The van der Waals surface area contributed by atoms with E-state index in [1.54, 1.807) is 13.8 Å². The molecule has 0 saturated carbocycles. The first-order chi connectivity index (χ1) is 18.3. The lowest BCUT2D eigenvalue weighted by Gasteiger charge is -2.35. The molecule has 1 aliphatic heterocycles. The third-order valence-corrected chi connectivity index (χ3v) is 7.78. The summed E-state index contributed by atoms with van der Waals surface area (Å²) in [5.41, 5.74) is -1.24. The molecule has 218 valence electrons. The molecule has 3 amide bonds. The average molecular weight is 573 g/mol. The van der Waals surface area contributed by atoms with E-state index in [2.05, 4.69) is 21.3 Å². The van der Waals surface area contributed by atoms with E-state index in [-0.39, 0.29) is 34.8 Å². The van der Waals surface area contributed by atoms with Crippen LogP contribution in [-0.4, -0.2) is 98.0 Å². The molecular formula is C24H36N4O10S. The van der Waals surface area contributed by atoms with Gasteiger partial charge < -0.3 is 46.4 Å². The Morgan fingerprint density at radius 2 is 1.90 bits per heavy atom. The smallest absolute Gasteiger partial charge is 0.322 e. The predicted octanol–water partition coefficient (Wildman–Crippen LogP) is -1.74. The lowest BCUT2D eigenvalue weighted by atomic mass is 9.92. The normalized spacial score (nSPS) is 26.8. The molecule has 39 heavy (non-hydrogen) atoms. The lowest BCUT2D eigenvalue weighted by molar-refractivity contribution is -0.139. The van der Waals surface area contributed by atoms with Crippen LogP contribution in [0, 0.1) is 0 Å². The molecule has 8 N–H and O–H groups in total. The first-order valence-corrected chi connectivity index (χ1v) is 13.6. The van der Waals surface area contributed by atoms with Crippen LogP contribution in [-0.2, 0) is 30.0 Å². The second kappa shape index (κ2) is 13.7. The van der Waals surface area contributed by atoms with Gasteiger partial charge in [-0.15, -0.1) is 0 Å². The molecule has 0 fully saturated rings. The van der Waals surface area contributed by atoms with Crippen LogP contribution < -0.4 is 26.0 Å². The lowest BCUT2D eigenvalue weighted by Crippen LogP contribution is -2.57. The van der Waals surface area contributed by atoms with Crippen LogP contribution in [0.25, 0.3) is 0 Å². The first-order valence-electron chi connectivity index (χ1n) is 12.3. The van der Waals surface area contributed by atoms with Gasteiger partial charge in [0.05, 0.1) is 23.2 Å². The van der Waals surface area contributed by atoms with Crippen LogP contribution in [0.1, 0.15) is 45.3 Å². The van der Waals surface area contributed by atoms with Crippen LogP contribution >= 0.6 is 0 Å². The highest BCUT2D eigenvalue weighted by atomic mass is 32.2. The highest BCUT2D eigenvalue weighted by molar-refractivity contribution is 7.85. The molecule has 0 aromatic heterocycles. The number of aliphatic hydroxyl groups is 2. The molecule has 6 atom stereocenters. The molecule has 2 rings (SSSR count). The van der Waals surface area contributed by atoms with Gasteiger partial charge in [-0.2, -0.15) is 0 Å². The first kappa shape index (κ1) is 31.9. The van der Waals surface area contributed by atoms with Gasteiger partial charge in [-0.1, -0.05) is 6.92 Å². The van der Waals surface area contributed by atoms with E-state index in [4.69, 9.17) is 9.84 Å². The van der Waals surface area contributed by atoms with Gasteiger partial charge in [-0.25, -0.2) is 0 Å². The van der Waals surface area contributed by atoms with Crippen molar-refractivity contribution in [2.24, 2.45) is 0 Å². The fraction of sp³-hybridized carbons (Fsp3) is 0.583. The Labute approximate surface area is 228 Å². The number of hydrogen-bond acceptors (Lipinski definition) is 10. The van der Waals surface area contributed by atoms with Gasteiger partial charge in [0.1, 0.15) is 36.4 Å². The van der Waals surface area contributed by atoms with Crippen molar-refractivity contribution in [1.29, 1.82) is 0 Å². The number of fused-ring (bicyclic) bond motifs is 2. The Hall–Kier alpha value is -3.27. The molecule has 1 aliphatic rings. The SMILES string of the molecule is CCC1(C)CC(C(=O)NCC(=O)O)NC(=O)C(C)NC(=O)C(NC)C(O)c2cc(c(O)cc2S(=O)CCO)O1. The van der Waals surface area contributed by atoms with Gasteiger partial charge in [-0.3, -0.25) is 23.4 Å². The van der Waals surface area contributed by atoms with Gasteiger partial charge in [-0.05, 0) is 33.4 Å². The van der Waals surface area contributed by atoms with Crippen molar-refractivity contribution in [3.8, 4) is 11.5 Å². The Balaban J connectivity index is 2.69. The van der Waals surface area contributed by atoms with E-state index in [1.165, 1.54) is 20.0 Å². The summed E-state index contributed by atoms with van der Waals surface area (Å²) in [6.45, 7) is 3.56. The van der Waals surface area contributed by atoms with Crippen molar-refractivity contribution in [1.82, 2.24) is 21.3 Å². The van der Waals surface area contributed by atoms with E-state index in [0.29, 0.717) is 0 Å². The number of phenols is 1. The van der Waals surface area contributed by atoms with Crippen LogP contribution in [0.4, 0.5) is 0 Å². The van der Waals surface area contributed by atoms with Gasteiger partial charge in [0, 0.05) is 22.9 Å². The molecular weight excluding hydrogens is 536 g/mol. The number of likely N-dealkylation sites (N-methyl/N-ethyl adjacent to an activating group) is 1. The van der Waals surface area contributed by atoms with E-state index in [1.807, 2.05) is 0 Å². The highest BCUT2D eigenvalue weighted by Gasteiger charge is 2.37. The van der Waals surface area contributed by atoms with Crippen LogP contribution in [0.3, 0.4) is 0 Å². The number of rotatable bonds is 8. The molecule has 2 bridgehead atoms. The molecule has 0 radical (unpaired) electrons. The van der Waals surface area contributed by atoms with Crippen LogP contribution in [0.15, 0.2) is 17.0 Å². The summed E-state index contributed by atoms with van der Waals surface area (Å²) >= 11 is 0. The quantitative estimate of drug-likeness (QED) is 0.174. The van der Waals surface area contributed by atoms with E-state index < -0.39 is 83.2 Å². The van der Waals surface area contributed by atoms with Crippen molar-refractivity contribution in [3.05, 3.63) is 17.7 Å². The third kappa shape index (κ3) is 8.11. The number of carboxylic acids is 1. The fourth-order valence-electron chi connectivity index (χ4n) is 4.00. The van der Waals surface area contributed by atoms with Crippen molar-refractivity contribution in [2.75, 3.05) is 26.0 Å². The Bertz CT molecular complexity index is 1120. The van der Waals surface area contributed by atoms with Crippen LogP contribution in [0.5, 0.6) is 11.5 Å². The average Bonchev–Trinajstić information content (AvgIpc) is 2.87. The molecule has 0 spiro atoms. The second-order valence-corrected chi connectivity index (χ2v) is 10.9. The van der Waals surface area contributed by atoms with Crippen molar-refractivity contribution >= 4 is 34.5 Å². The summed E-state index contributed by atoms with van der Waals surface area (Å²) in [5.74, 6) is -4.47. The molecule has 15 heteroatoms. The van der Waals surface area contributed by atoms with Crippen molar-refractivity contribution in [2.45, 2.75) is 68.3 Å². The minimum atomic E-state index is -1.87. The number of aromatic hydroxyl groups is 1. The number of hydrogen-bond donors (Lipinski definition) is 8. The van der Waals surface area contributed by atoms with Gasteiger partial charge in [0.15, 0.2) is 11.5 Å². The maximum absolute atomic E-state index is 13.0. The summed E-state index contributed by atoms with van der Waals surface area (Å²) < 4.78 is 18.9. The minimum Gasteiger partial charge on any atom is -0.504 e. The maximum atomic E-state index is 13.0. The van der Waals surface area contributed by atoms with Gasteiger partial charge in [0.25, 0.3) is 0 Å². The summed E-state index contributed by atoms with van der Waals surface area (Å²) in [7, 11) is -0.478. The number of aliphatic carboxylic acids is 1. The number of phenolic OH excluding ortho intramolecular Hbond substituents is 1. The van der Waals surface area contributed by atoms with Gasteiger partial charge >= 0.3 is 5.97 Å². The zero-order valence-electron chi connectivity index (χ0n) is 22.1. The third-order valence-electron chi connectivity index (χ3n) is 6.38. The number of nitrogens with one attached hydrogen (secondary N) is 4. The molecule has 1 aromatic rings. The molecule has 14 nitrogen and oxygen atoms in total. The summed E-state index contributed by atoms with van der Waals surface area (Å²) in [4.78, 5) is 49.8. The highest BCUT2D eigenvalue weighted by Crippen LogP contribution is 2.39. The number of carboxylic acid groups (broad SMARTS) is 1. The topological polar surface area (TPSA) is 224 Å². The van der Waals surface area contributed by atoms with Crippen LogP contribution in [0.2, 0.25) is 0 Å². The molecule has 6 unspecified atom stereocenters. The monoisotopic (exact) mass is 572 g/mol. The summed E-state index contributed by atoms with van der Waals surface area (Å²) in [6.07, 6.45) is -1.53. The number of aliphatic hydroxyl groups excluding tert-OH is 2. The Morgan fingerprint density at radius 3 is 2.46 bits per heavy atom. The number of carbonyl (C=O) groups excluding carboxylic acids is 3. The summed E-state index contributed by atoms with van der Waals surface area (Å²) in [5, 5.41) is 50.0. The zero-order chi connectivity index (χ0) is 29.5. The van der Waals surface area contributed by atoms with Gasteiger partial charge in [0.2, 0.25) is 17.7 Å². The largest absolute Gasteiger partial charge is 0.504 e. The van der Waals surface area contributed by atoms with E-state index in [0.717, 1.165) is 6.07 Å². The molecule has 1 aromatic carbocycles. The zero-order valence-corrected chi connectivity index (χ0v) is 23.0. The predicted molar refractivity (Wildman–Crippen MR) is 138 cm³/mol. The molecule has 0 aliphatic carbocycles. The number of ether oxygens (including phenoxy) is 1. The fourth-order valence-corrected chi connectivity index (χ4v) is 5.07. The standard InChI is InChI=1S/C24H36N4O10S/c1-5-24(3)10-14(22(35)26-11-18(31)32)28-21(34)12(2)27-23(36)19(25-4)20(33)13-8-16(38-24)15(30)9-17(13)39(37)7-6-29/h8-9,12,14,19-20,25,29-30,33H,5-7,10-11H2,1-4H3,(H,26,35)(H,27,36)(H,28,34)(H,31,32). The Morgan fingerprint density at radius 1 is 1.23 bits per heavy atom. The molecule has 0 saturated heterocycles. The molecule has 1 heterocycles. The number of amides is 3.